The number of anilines is 3. The normalized spacial score (nSPS) is 12.0. The summed E-state index contributed by atoms with van der Waals surface area (Å²) in [7, 11) is 0. The Morgan fingerprint density at radius 2 is 0.983 bits per heavy atom. The second-order valence-corrected chi connectivity index (χ2v) is 14.7. The van der Waals surface area contributed by atoms with Gasteiger partial charge in [0.25, 0.3) is 0 Å². The van der Waals surface area contributed by atoms with Crippen molar-refractivity contribution in [1.82, 2.24) is 29.1 Å². The number of aromatic nitrogens is 6. The predicted octanol–water partition coefficient (Wildman–Crippen LogP) is 12.8. The monoisotopic (exact) mass is 755 g/mol. The minimum atomic E-state index is 0.532. The first kappa shape index (κ1) is 33.0. The largest absolute Gasteiger partial charge is 0.309 e. The Hall–Kier alpha value is -8.16. The molecule has 276 valence electrons. The van der Waals surface area contributed by atoms with Crippen LogP contribution < -0.4 is 4.90 Å². The smallest absolute Gasteiger partial charge is 0.238 e. The fraction of sp³-hybridized carbons (Fsp3) is 0. The van der Waals surface area contributed by atoms with Crippen LogP contribution in [0.2, 0.25) is 0 Å². The van der Waals surface area contributed by atoms with E-state index in [4.69, 9.17) is 15.0 Å². The number of hydrogen-bond donors (Lipinski definition) is 0. The van der Waals surface area contributed by atoms with E-state index < -0.39 is 0 Å². The molecule has 12 rings (SSSR count). The molecule has 0 bridgehead atoms. The SMILES string of the molecule is c1ccc(-c2nc(-c3ccccc3)nc(-n3c4ccc(N5c6ccccc6-c6c(n(-c7ccccc7)c7ccccc67)-c6ccccc65)cc4c4ccncc43)n2)cc1. The zero-order valence-corrected chi connectivity index (χ0v) is 31.7. The zero-order chi connectivity index (χ0) is 38.9. The van der Waals surface area contributed by atoms with Crippen molar-refractivity contribution in [1.29, 1.82) is 0 Å². The van der Waals surface area contributed by atoms with Gasteiger partial charge in [-0.25, -0.2) is 4.98 Å². The summed E-state index contributed by atoms with van der Waals surface area (Å²) in [5.74, 6) is 1.74. The van der Waals surface area contributed by atoms with Crippen LogP contribution in [-0.2, 0) is 0 Å². The van der Waals surface area contributed by atoms with Crippen LogP contribution in [-0.4, -0.2) is 29.1 Å². The van der Waals surface area contributed by atoms with Crippen molar-refractivity contribution in [2.45, 2.75) is 0 Å². The molecule has 0 amide bonds. The van der Waals surface area contributed by atoms with E-state index >= 15 is 0 Å². The van der Waals surface area contributed by atoms with Crippen LogP contribution in [0.5, 0.6) is 0 Å². The molecule has 0 atom stereocenters. The lowest BCUT2D eigenvalue weighted by atomic mass is 9.98. The Morgan fingerprint density at radius 3 is 1.71 bits per heavy atom. The molecule has 0 aliphatic carbocycles. The Balaban J connectivity index is 1.11. The van der Waals surface area contributed by atoms with Gasteiger partial charge in [0.15, 0.2) is 11.6 Å². The van der Waals surface area contributed by atoms with Gasteiger partial charge in [-0.15, -0.1) is 0 Å². The van der Waals surface area contributed by atoms with Gasteiger partial charge in [-0.2, -0.15) is 9.97 Å². The fourth-order valence-corrected chi connectivity index (χ4v) is 8.88. The van der Waals surface area contributed by atoms with Crippen molar-refractivity contribution in [3.63, 3.8) is 0 Å². The number of benzene rings is 7. The van der Waals surface area contributed by atoms with Gasteiger partial charge < -0.3 is 9.47 Å². The van der Waals surface area contributed by atoms with Crippen LogP contribution in [0.25, 0.3) is 89.5 Å². The first-order valence-electron chi connectivity index (χ1n) is 19.7. The average Bonchev–Trinajstić information content (AvgIpc) is 3.79. The van der Waals surface area contributed by atoms with E-state index in [2.05, 4.69) is 146 Å². The molecular formula is C52H33N7. The molecule has 0 fully saturated rings. The highest BCUT2D eigenvalue weighted by atomic mass is 15.2. The Bertz CT molecular complexity index is 3330. The lowest BCUT2D eigenvalue weighted by Crippen LogP contribution is -2.11. The van der Waals surface area contributed by atoms with Gasteiger partial charge in [-0.3, -0.25) is 9.55 Å². The summed E-state index contributed by atoms with van der Waals surface area (Å²) in [6, 6.07) is 66.0. The molecule has 0 N–H and O–H groups in total. The maximum absolute atomic E-state index is 5.13. The third-order valence-corrected chi connectivity index (χ3v) is 11.4. The van der Waals surface area contributed by atoms with Gasteiger partial charge >= 0.3 is 0 Å². The first-order valence-corrected chi connectivity index (χ1v) is 19.7. The van der Waals surface area contributed by atoms with Crippen molar-refractivity contribution in [3.05, 3.63) is 200 Å². The molecule has 4 aromatic heterocycles. The summed E-state index contributed by atoms with van der Waals surface area (Å²) < 4.78 is 4.55. The third kappa shape index (κ3) is 5.15. The molecule has 0 spiro atoms. The van der Waals surface area contributed by atoms with Crippen LogP contribution in [0.4, 0.5) is 17.1 Å². The summed E-state index contributed by atoms with van der Waals surface area (Å²) in [4.78, 5) is 22.3. The third-order valence-electron chi connectivity index (χ3n) is 11.4. The molecule has 7 heteroatoms. The molecule has 1 aliphatic rings. The molecule has 5 heterocycles. The van der Waals surface area contributed by atoms with Crippen molar-refractivity contribution in [3.8, 4) is 56.8 Å². The lowest BCUT2D eigenvalue weighted by Gasteiger charge is -2.27. The van der Waals surface area contributed by atoms with Gasteiger partial charge in [-0.05, 0) is 54.6 Å². The van der Waals surface area contributed by atoms with Gasteiger partial charge in [0.2, 0.25) is 5.95 Å². The second-order valence-electron chi connectivity index (χ2n) is 14.7. The topological polar surface area (TPSA) is 64.7 Å². The van der Waals surface area contributed by atoms with E-state index in [0.29, 0.717) is 17.6 Å². The quantitative estimate of drug-likeness (QED) is 0.175. The summed E-state index contributed by atoms with van der Waals surface area (Å²) in [5, 5.41) is 3.34. The number of rotatable bonds is 5. The molecular weight excluding hydrogens is 723 g/mol. The van der Waals surface area contributed by atoms with Crippen molar-refractivity contribution >= 4 is 49.8 Å². The van der Waals surface area contributed by atoms with Crippen LogP contribution in [0.15, 0.2) is 200 Å². The highest BCUT2D eigenvalue weighted by Crippen LogP contribution is 2.54. The Kier molecular flexibility index (Phi) is 7.40. The van der Waals surface area contributed by atoms with Crippen LogP contribution in [0, 0.1) is 0 Å². The van der Waals surface area contributed by atoms with Gasteiger partial charge in [-0.1, -0.05) is 133 Å². The van der Waals surface area contributed by atoms with Crippen LogP contribution in [0.3, 0.4) is 0 Å². The van der Waals surface area contributed by atoms with Gasteiger partial charge in [0.1, 0.15) is 0 Å². The fourth-order valence-electron chi connectivity index (χ4n) is 8.88. The predicted molar refractivity (Wildman–Crippen MR) is 239 cm³/mol. The van der Waals surface area contributed by atoms with Crippen molar-refractivity contribution in [2.75, 3.05) is 4.90 Å². The van der Waals surface area contributed by atoms with E-state index in [1.807, 2.05) is 73.1 Å². The molecule has 11 aromatic rings. The first-order chi connectivity index (χ1) is 29.3. The van der Waals surface area contributed by atoms with Crippen molar-refractivity contribution in [2.24, 2.45) is 0 Å². The number of nitrogens with zero attached hydrogens (tertiary/aromatic N) is 7. The van der Waals surface area contributed by atoms with E-state index in [-0.39, 0.29) is 0 Å². The molecule has 59 heavy (non-hydrogen) atoms. The number of pyridine rings is 1. The van der Waals surface area contributed by atoms with Gasteiger partial charge in [0.05, 0.1) is 39.8 Å². The van der Waals surface area contributed by atoms with Crippen molar-refractivity contribution < 1.29 is 0 Å². The lowest BCUT2D eigenvalue weighted by molar-refractivity contribution is 0.951. The van der Waals surface area contributed by atoms with E-state index in [9.17, 15) is 0 Å². The number of para-hydroxylation sites is 4. The molecule has 0 unspecified atom stereocenters. The minimum absolute atomic E-state index is 0.532. The van der Waals surface area contributed by atoms with E-state index in [1.165, 1.54) is 27.7 Å². The molecule has 0 saturated carbocycles. The van der Waals surface area contributed by atoms with E-state index in [1.54, 1.807) is 0 Å². The number of fused-ring (bicyclic) bond motifs is 10. The summed E-state index contributed by atoms with van der Waals surface area (Å²) in [6.07, 6.45) is 3.77. The molecule has 0 radical (unpaired) electrons. The Labute approximate surface area is 339 Å². The maximum Gasteiger partial charge on any atom is 0.238 e. The Morgan fingerprint density at radius 1 is 0.390 bits per heavy atom. The molecule has 7 nitrogen and oxygen atoms in total. The van der Waals surface area contributed by atoms with Crippen LogP contribution >= 0.6 is 0 Å². The highest BCUT2D eigenvalue weighted by Gasteiger charge is 2.31. The minimum Gasteiger partial charge on any atom is -0.309 e. The standard InChI is InChI=1S/C52H33N7/c1-4-16-34(17-5-1)50-54-51(35-18-6-2-7-19-35)56-52(55-50)59-46-29-28-37(32-42(46)38-30-31-53-33-47(38)59)57-43-25-13-10-22-39(43)48-40-23-11-14-26-44(40)58(36-20-8-3-9-21-36)49(48)41-24-12-15-27-45(41)57/h1-33H. The summed E-state index contributed by atoms with van der Waals surface area (Å²) in [5.41, 5.74) is 14.0. The molecule has 1 aliphatic heterocycles. The number of hydrogen-bond acceptors (Lipinski definition) is 5. The molecule has 7 aromatic carbocycles. The highest BCUT2D eigenvalue weighted by molar-refractivity contribution is 6.14. The average molecular weight is 756 g/mol. The van der Waals surface area contributed by atoms with Gasteiger partial charge in [0, 0.05) is 61.5 Å². The second kappa shape index (κ2) is 13.2. The maximum atomic E-state index is 5.13. The molecule has 0 saturated heterocycles. The van der Waals surface area contributed by atoms with E-state index in [0.717, 1.165) is 61.2 Å². The zero-order valence-electron chi connectivity index (χ0n) is 31.7. The van der Waals surface area contributed by atoms with Crippen LogP contribution in [0.1, 0.15) is 0 Å². The summed E-state index contributed by atoms with van der Waals surface area (Å²) in [6.45, 7) is 0. The summed E-state index contributed by atoms with van der Waals surface area (Å²) >= 11 is 0.